The molecule has 0 bridgehead atoms. The second-order valence-corrected chi connectivity index (χ2v) is 7.54. The average Bonchev–Trinajstić information content (AvgIpc) is 2.69. The average molecular weight is 341 g/mol. The first kappa shape index (κ1) is 16.6. The van der Waals surface area contributed by atoms with E-state index in [1.165, 1.54) is 12.8 Å². The molecule has 5 nitrogen and oxygen atoms in total. The maximum absolute atomic E-state index is 13.1. The lowest BCUT2D eigenvalue weighted by atomic mass is 9.71. The van der Waals surface area contributed by atoms with Crippen LogP contribution in [0.15, 0.2) is 30.5 Å². The number of piperidine rings is 1. The van der Waals surface area contributed by atoms with Crippen LogP contribution in [0.4, 0.5) is 5.69 Å². The first-order valence-electron chi connectivity index (χ1n) is 9.49. The van der Waals surface area contributed by atoms with Gasteiger partial charge in [0.25, 0.3) is 5.91 Å². The van der Waals surface area contributed by atoms with Crippen LogP contribution < -0.4 is 4.90 Å². The lowest BCUT2D eigenvalue weighted by Crippen LogP contribution is -2.46. The number of anilines is 1. The third-order valence-electron chi connectivity index (χ3n) is 5.85. The van der Waals surface area contributed by atoms with E-state index in [-0.39, 0.29) is 5.91 Å². The highest BCUT2D eigenvalue weighted by Gasteiger charge is 2.37. The minimum Gasteiger partial charge on any atom is -0.378 e. The van der Waals surface area contributed by atoms with Crippen LogP contribution in [0.1, 0.15) is 42.6 Å². The maximum atomic E-state index is 13.1. The monoisotopic (exact) mass is 341 g/mol. The van der Waals surface area contributed by atoms with Gasteiger partial charge in [0, 0.05) is 38.1 Å². The summed E-state index contributed by atoms with van der Waals surface area (Å²) in [6.45, 7) is 4.96. The first-order valence-corrected chi connectivity index (χ1v) is 9.49. The fourth-order valence-electron chi connectivity index (χ4n) is 4.41. The predicted molar refractivity (Wildman–Crippen MR) is 97.8 cm³/mol. The summed E-state index contributed by atoms with van der Waals surface area (Å²) in [6.07, 6.45) is 12.1. The first-order chi connectivity index (χ1) is 12.3. The molecule has 2 aliphatic heterocycles. The van der Waals surface area contributed by atoms with Gasteiger partial charge >= 0.3 is 0 Å². The Morgan fingerprint density at radius 3 is 2.84 bits per heavy atom. The van der Waals surface area contributed by atoms with E-state index >= 15 is 0 Å². The molecule has 4 rings (SSSR count). The molecule has 0 saturated carbocycles. The number of aromatic nitrogens is 1. The van der Waals surface area contributed by atoms with Crippen LogP contribution >= 0.6 is 0 Å². The van der Waals surface area contributed by atoms with Crippen molar-refractivity contribution in [2.24, 2.45) is 5.41 Å². The molecule has 0 unspecified atom stereocenters. The van der Waals surface area contributed by atoms with E-state index in [1.807, 2.05) is 17.0 Å². The van der Waals surface area contributed by atoms with Gasteiger partial charge in [-0.05, 0) is 49.7 Å². The number of carbonyl (C=O) groups excluding carboxylic acids is 1. The van der Waals surface area contributed by atoms with E-state index in [9.17, 15) is 4.79 Å². The van der Waals surface area contributed by atoms with Gasteiger partial charge in [-0.3, -0.25) is 9.78 Å². The standard InChI is InChI=1S/C20H27N3O2/c24-19(23-10-4-8-20(16-23)6-2-1-3-7-20)18-15-17(5-9-21-18)22-11-13-25-14-12-22/h1-2,5,9,15H,3-4,6-8,10-14,16H2/t20-/m0/s1. The molecule has 2 saturated heterocycles. The molecule has 3 heterocycles. The molecular weight excluding hydrogens is 314 g/mol. The van der Waals surface area contributed by atoms with Crippen LogP contribution in [0.5, 0.6) is 0 Å². The van der Waals surface area contributed by atoms with E-state index in [0.717, 1.165) is 64.3 Å². The molecule has 1 atom stereocenters. The Kier molecular flexibility index (Phi) is 4.75. The van der Waals surface area contributed by atoms with E-state index in [0.29, 0.717) is 11.1 Å². The van der Waals surface area contributed by atoms with Crippen LogP contribution in [-0.2, 0) is 4.74 Å². The van der Waals surface area contributed by atoms with Gasteiger partial charge in [0.15, 0.2) is 0 Å². The second kappa shape index (κ2) is 7.16. The summed E-state index contributed by atoms with van der Waals surface area (Å²) >= 11 is 0. The van der Waals surface area contributed by atoms with Crippen molar-refractivity contribution >= 4 is 11.6 Å². The molecule has 2 fully saturated rings. The van der Waals surface area contributed by atoms with Crippen LogP contribution in [0.2, 0.25) is 0 Å². The third-order valence-corrected chi connectivity index (χ3v) is 5.85. The molecule has 25 heavy (non-hydrogen) atoms. The van der Waals surface area contributed by atoms with Crippen molar-refractivity contribution < 1.29 is 9.53 Å². The number of morpholine rings is 1. The molecule has 3 aliphatic rings. The summed E-state index contributed by atoms with van der Waals surface area (Å²) in [5, 5.41) is 0. The largest absolute Gasteiger partial charge is 0.378 e. The summed E-state index contributed by atoms with van der Waals surface area (Å²) in [7, 11) is 0. The quantitative estimate of drug-likeness (QED) is 0.776. The minimum absolute atomic E-state index is 0.0868. The number of hydrogen-bond donors (Lipinski definition) is 0. The Hall–Kier alpha value is -1.88. The molecule has 0 radical (unpaired) electrons. The number of carbonyl (C=O) groups is 1. The molecular formula is C20H27N3O2. The number of hydrogen-bond acceptors (Lipinski definition) is 4. The number of likely N-dealkylation sites (tertiary alicyclic amines) is 1. The number of allylic oxidation sites excluding steroid dienone is 2. The smallest absolute Gasteiger partial charge is 0.272 e. The van der Waals surface area contributed by atoms with E-state index in [1.54, 1.807) is 6.20 Å². The highest BCUT2D eigenvalue weighted by molar-refractivity contribution is 5.93. The summed E-state index contributed by atoms with van der Waals surface area (Å²) in [6, 6.07) is 3.95. The van der Waals surface area contributed by atoms with Crippen molar-refractivity contribution in [3.05, 3.63) is 36.2 Å². The van der Waals surface area contributed by atoms with E-state index in [2.05, 4.69) is 22.0 Å². The van der Waals surface area contributed by atoms with Crippen LogP contribution in [0.25, 0.3) is 0 Å². The molecule has 1 spiro atoms. The van der Waals surface area contributed by atoms with E-state index < -0.39 is 0 Å². The fraction of sp³-hybridized carbons (Fsp3) is 0.600. The van der Waals surface area contributed by atoms with Gasteiger partial charge in [-0.1, -0.05) is 12.2 Å². The second-order valence-electron chi connectivity index (χ2n) is 7.54. The molecule has 5 heteroatoms. The van der Waals surface area contributed by atoms with Gasteiger partial charge in [-0.2, -0.15) is 0 Å². The molecule has 1 amide bonds. The molecule has 1 aromatic heterocycles. The van der Waals surface area contributed by atoms with Crippen molar-refractivity contribution in [3.8, 4) is 0 Å². The fourth-order valence-corrected chi connectivity index (χ4v) is 4.41. The van der Waals surface area contributed by atoms with Crippen LogP contribution in [0.3, 0.4) is 0 Å². The lowest BCUT2D eigenvalue weighted by molar-refractivity contribution is 0.0479. The topological polar surface area (TPSA) is 45.7 Å². The van der Waals surface area contributed by atoms with Crippen LogP contribution in [0, 0.1) is 5.41 Å². The van der Waals surface area contributed by atoms with Gasteiger partial charge < -0.3 is 14.5 Å². The zero-order valence-corrected chi connectivity index (χ0v) is 14.8. The van der Waals surface area contributed by atoms with Crippen molar-refractivity contribution in [1.82, 2.24) is 9.88 Å². The van der Waals surface area contributed by atoms with Crippen molar-refractivity contribution in [1.29, 1.82) is 0 Å². The number of amides is 1. The Morgan fingerprint density at radius 2 is 2.04 bits per heavy atom. The molecule has 1 aliphatic carbocycles. The lowest BCUT2D eigenvalue weighted by Gasteiger charge is -2.43. The van der Waals surface area contributed by atoms with E-state index in [4.69, 9.17) is 4.74 Å². The van der Waals surface area contributed by atoms with Gasteiger partial charge in [0.05, 0.1) is 13.2 Å². The van der Waals surface area contributed by atoms with Gasteiger partial charge in [-0.15, -0.1) is 0 Å². The van der Waals surface area contributed by atoms with Crippen molar-refractivity contribution in [3.63, 3.8) is 0 Å². The normalized spacial score (nSPS) is 26.9. The van der Waals surface area contributed by atoms with Crippen molar-refractivity contribution in [2.45, 2.75) is 32.1 Å². The highest BCUT2D eigenvalue weighted by atomic mass is 16.5. The Labute approximate surface area is 149 Å². The number of nitrogens with zero attached hydrogens (tertiary/aromatic N) is 3. The summed E-state index contributed by atoms with van der Waals surface area (Å²) in [4.78, 5) is 21.7. The van der Waals surface area contributed by atoms with Gasteiger partial charge in [-0.25, -0.2) is 0 Å². The summed E-state index contributed by atoms with van der Waals surface area (Å²) in [5.74, 6) is 0.0868. The molecule has 0 aromatic carbocycles. The SMILES string of the molecule is O=C(c1cc(N2CCOCC2)ccn1)N1CCC[C@@]2(CC=CCC2)C1. The van der Waals surface area contributed by atoms with Crippen LogP contribution in [-0.4, -0.2) is 55.2 Å². The molecule has 1 aromatic rings. The van der Waals surface area contributed by atoms with Gasteiger partial charge in [0.2, 0.25) is 0 Å². The molecule has 134 valence electrons. The van der Waals surface area contributed by atoms with Crippen molar-refractivity contribution in [2.75, 3.05) is 44.3 Å². The zero-order chi connectivity index (χ0) is 17.1. The number of rotatable bonds is 2. The van der Waals surface area contributed by atoms with Gasteiger partial charge in [0.1, 0.15) is 5.69 Å². The predicted octanol–water partition coefficient (Wildman–Crippen LogP) is 2.88. The Morgan fingerprint density at radius 1 is 1.16 bits per heavy atom. The molecule has 0 N–H and O–H groups in total. The summed E-state index contributed by atoms with van der Waals surface area (Å²) < 4.78 is 5.42. The number of pyridine rings is 1. The maximum Gasteiger partial charge on any atom is 0.272 e. The zero-order valence-electron chi connectivity index (χ0n) is 14.8. The number of ether oxygens (including phenoxy) is 1. The summed E-state index contributed by atoms with van der Waals surface area (Å²) in [5.41, 5.74) is 1.95. The highest BCUT2D eigenvalue weighted by Crippen LogP contribution is 2.41. The minimum atomic E-state index is 0.0868. The Balaban J connectivity index is 1.49. The Bertz CT molecular complexity index is 654. The third kappa shape index (κ3) is 3.56.